The lowest BCUT2D eigenvalue weighted by Crippen LogP contribution is -2.42. The molecule has 20 heavy (non-hydrogen) atoms. The zero-order valence-corrected chi connectivity index (χ0v) is 13.8. The molecule has 1 aliphatic heterocycles. The maximum atomic E-state index is 4.61. The summed E-state index contributed by atoms with van der Waals surface area (Å²) in [5.41, 5.74) is 2.46. The second kappa shape index (κ2) is 7.43. The molecule has 1 aromatic heterocycles. The first-order valence-electron chi connectivity index (χ1n) is 7.60. The summed E-state index contributed by atoms with van der Waals surface area (Å²) in [6, 6.07) is 4.38. The number of rotatable bonds is 6. The average molecular weight is 293 g/mol. The van der Waals surface area contributed by atoms with Gasteiger partial charge in [-0.15, -0.1) is 0 Å². The third-order valence-corrected chi connectivity index (χ3v) is 4.83. The number of hydrogen-bond acceptors (Lipinski definition) is 4. The quantitative estimate of drug-likeness (QED) is 0.816. The molecule has 1 fully saturated rings. The molecule has 1 saturated heterocycles. The number of thioether (sulfide) groups is 1. The van der Waals surface area contributed by atoms with E-state index in [0.29, 0.717) is 4.75 Å². The van der Waals surface area contributed by atoms with Crippen molar-refractivity contribution in [3.8, 4) is 0 Å². The number of aromatic nitrogens is 1. The van der Waals surface area contributed by atoms with Crippen LogP contribution in [0.1, 0.15) is 38.4 Å². The normalized spacial score (nSPS) is 19.1. The maximum absolute atomic E-state index is 4.61. The predicted molar refractivity (Wildman–Crippen MR) is 88.0 cm³/mol. The van der Waals surface area contributed by atoms with Crippen molar-refractivity contribution in [2.75, 3.05) is 25.4 Å². The highest BCUT2D eigenvalue weighted by Gasteiger charge is 2.26. The average Bonchev–Trinajstić information content (AvgIpc) is 2.40. The highest BCUT2D eigenvalue weighted by Crippen LogP contribution is 2.29. The van der Waals surface area contributed by atoms with Gasteiger partial charge >= 0.3 is 0 Å². The third kappa shape index (κ3) is 5.08. The van der Waals surface area contributed by atoms with Crippen molar-refractivity contribution in [3.63, 3.8) is 0 Å². The van der Waals surface area contributed by atoms with Crippen molar-refractivity contribution in [1.82, 2.24) is 15.2 Å². The Morgan fingerprint density at radius 1 is 1.40 bits per heavy atom. The van der Waals surface area contributed by atoms with Crippen LogP contribution in [0.3, 0.4) is 0 Å². The zero-order valence-electron chi connectivity index (χ0n) is 13.0. The standard InChI is InChI=1S/C16H27N3S/c1-4-7-17-10-14-5-6-15(18-11-14)12-19-8-9-20-16(2,3)13-19/h5-6,11,17H,4,7-10,12-13H2,1-3H3. The van der Waals surface area contributed by atoms with Gasteiger partial charge in [0.05, 0.1) is 5.69 Å². The summed E-state index contributed by atoms with van der Waals surface area (Å²) in [6.07, 6.45) is 3.19. The molecule has 0 spiro atoms. The fourth-order valence-corrected chi connectivity index (χ4v) is 3.72. The summed E-state index contributed by atoms with van der Waals surface area (Å²) >= 11 is 2.08. The van der Waals surface area contributed by atoms with Gasteiger partial charge in [-0.2, -0.15) is 11.8 Å². The molecule has 3 nitrogen and oxygen atoms in total. The van der Waals surface area contributed by atoms with E-state index < -0.39 is 0 Å². The van der Waals surface area contributed by atoms with E-state index in [9.17, 15) is 0 Å². The second-order valence-corrected chi connectivity index (χ2v) is 7.96. The van der Waals surface area contributed by atoms with Crippen LogP contribution in [-0.4, -0.2) is 40.0 Å². The first kappa shape index (κ1) is 15.8. The van der Waals surface area contributed by atoms with Crippen LogP contribution in [0.25, 0.3) is 0 Å². The summed E-state index contributed by atoms with van der Waals surface area (Å²) in [7, 11) is 0. The zero-order chi connectivity index (χ0) is 14.4. The fourth-order valence-electron chi connectivity index (χ4n) is 2.54. The van der Waals surface area contributed by atoms with Crippen LogP contribution >= 0.6 is 11.8 Å². The number of nitrogens with zero attached hydrogens (tertiary/aromatic N) is 2. The van der Waals surface area contributed by atoms with Crippen LogP contribution in [0.5, 0.6) is 0 Å². The third-order valence-electron chi connectivity index (χ3n) is 3.53. The van der Waals surface area contributed by atoms with Gasteiger partial charge < -0.3 is 5.32 Å². The van der Waals surface area contributed by atoms with Crippen molar-refractivity contribution < 1.29 is 0 Å². The fraction of sp³-hybridized carbons (Fsp3) is 0.688. The monoisotopic (exact) mass is 293 g/mol. The van der Waals surface area contributed by atoms with Gasteiger partial charge in [-0.3, -0.25) is 9.88 Å². The highest BCUT2D eigenvalue weighted by molar-refractivity contribution is 8.00. The van der Waals surface area contributed by atoms with Crippen LogP contribution in [0, 0.1) is 0 Å². The molecule has 0 amide bonds. The lowest BCUT2D eigenvalue weighted by molar-refractivity contribution is 0.250. The molecule has 112 valence electrons. The molecule has 0 atom stereocenters. The number of hydrogen-bond donors (Lipinski definition) is 1. The molecular formula is C16H27N3S. The molecule has 2 rings (SSSR count). The molecule has 0 bridgehead atoms. The Morgan fingerprint density at radius 2 is 2.25 bits per heavy atom. The Morgan fingerprint density at radius 3 is 2.90 bits per heavy atom. The van der Waals surface area contributed by atoms with E-state index in [1.54, 1.807) is 0 Å². The molecule has 0 unspecified atom stereocenters. The Balaban J connectivity index is 1.84. The summed E-state index contributed by atoms with van der Waals surface area (Å²) in [5, 5.41) is 3.41. The van der Waals surface area contributed by atoms with Crippen molar-refractivity contribution in [3.05, 3.63) is 29.6 Å². The molecular weight excluding hydrogens is 266 g/mol. The van der Waals surface area contributed by atoms with Crippen molar-refractivity contribution >= 4 is 11.8 Å². The Labute approximate surface area is 127 Å². The predicted octanol–water partition coefficient (Wildman–Crippen LogP) is 2.91. The van der Waals surface area contributed by atoms with Gasteiger partial charge in [0, 0.05) is 42.9 Å². The lowest BCUT2D eigenvalue weighted by Gasteiger charge is -2.37. The molecule has 1 aromatic rings. The van der Waals surface area contributed by atoms with Gasteiger partial charge in [-0.05, 0) is 38.4 Å². The number of pyridine rings is 1. The van der Waals surface area contributed by atoms with Crippen LogP contribution in [0.2, 0.25) is 0 Å². The van der Waals surface area contributed by atoms with Crippen LogP contribution in [0.15, 0.2) is 18.3 Å². The SMILES string of the molecule is CCCNCc1ccc(CN2CCSC(C)(C)C2)nc1. The van der Waals surface area contributed by atoms with Crippen LogP contribution in [0.4, 0.5) is 0 Å². The van der Waals surface area contributed by atoms with E-state index in [1.807, 2.05) is 6.20 Å². The summed E-state index contributed by atoms with van der Waals surface area (Å²) < 4.78 is 0.377. The van der Waals surface area contributed by atoms with E-state index in [4.69, 9.17) is 0 Å². The van der Waals surface area contributed by atoms with Crippen LogP contribution < -0.4 is 5.32 Å². The molecule has 0 aliphatic carbocycles. The van der Waals surface area contributed by atoms with Gasteiger partial charge in [0.15, 0.2) is 0 Å². The minimum atomic E-state index is 0.377. The van der Waals surface area contributed by atoms with E-state index in [-0.39, 0.29) is 0 Å². The van der Waals surface area contributed by atoms with Gasteiger partial charge in [0.2, 0.25) is 0 Å². The van der Waals surface area contributed by atoms with Crippen LogP contribution in [-0.2, 0) is 13.1 Å². The van der Waals surface area contributed by atoms with E-state index in [0.717, 1.165) is 26.2 Å². The molecule has 1 aliphatic rings. The van der Waals surface area contributed by atoms with Crippen molar-refractivity contribution in [1.29, 1.82) is 0 Å². The minimum absolute atomic E-state index is 0.377. The summed E-state index contributed by atoms with van der Waals surface area (Å²) in [4.78, 5) is 7.13. The van der Waals surface area contributed by atoms with Crippen molar-refractivity contribution in [2.24, 2.45) is 0 Å². The molecule has 4 heteroatoms. The Bertz CT molecular complexity index is 403. The topological polar surface area (TPSA) is 28.2 Å². The number of nitrogens with one attached hydrogen (secondary N) is 1. The Hall–Kier alpha value is -0.580. The minimum Gasteiger partial charge on any atom is -0.313 e. The first-order valence-corrected chi connectivity index (χ1v) is 8.58. The summed E-state index contributed by atoms with van der Waals surface area (Å²) in [6.45, 7) is 12.2. The first-order chi connectivity index (χ1) is 9.59. The van der Waals surface area contributed by atoms with E-state index >= 15 is 0 Å². The smallest absolute Gasteiger partial charge is 0.0544 e. The van der Waals surface area contributed by atoms with Gasteiger partial charge in [0.25, 0.3) is 0 Å². The molecule has 2 heterocycles. The van der Waals surface area contributed by atoms with Crippen molar-refractivity contribution in [2.45, 2.75) is 45.0 Å². The lowest BCUT2D eigenvalue weighted by atomic mass is 10.1. The molecule has 0 radical (unpaired) electrons. The Kier molecular flexibility index (Phi) is 5.87. The van der Waals surface area contributed by atoms with Gasteiger partial charge in [0.1, 0.15) is 0 Å². The highest BCUT2D eigenvalue weighted by atomic mass is 32.2. The molecule has 1 N–H and O–H groups in total. The second-order valence-electron chi connectivity index (χ2n) is 6.15. The largest absolute Gasteiger partial charge is 0.313 e. The molecule has 0 aromatic carbocycles. The van der Waals surface area contributed by atoms with Gasteiger partial charge in [-0.1, -0.05) is 13.0 Å². The maximum Gasteiger partial charge on any atom is 0.0544 e. The molecule has 0 saturated carbocycles. The van der Waals surface area contributed by atoms with E-state index in [1.165, 1.54) is 30.0 Å². The van der Waals surface area contributed by atoms with Gasteiger partial charge in [-0.25, -0.2) is 0 Å². The summed E-state index contributed by atoms with van der Waals surface area (Å²) in [5.74, 6) is 1.23. The van der Waals surface area contributed by atoms with E-state index in [2.05, 4.69) is 59.9 Å².